The number of nitrogens with one attached hydrogen (secondary N) is 2. The summed E-state index contributed by atoms with van der Waals surface area (Å²) in [5, 5.41) is 5.11. The number of carbonyl (C=O) groups excluding carboxylic acids is 6. The van der Waals surface area contributed by atoms with Crippen LogP contribution in [0.4, 0.5) is 11.4 Å². The van der Waals surface area contributed by atoms with Crippen molar-refractivity contribution in [2.24, 2.45) is 0 Å². The first kappa shape index (κ1) is 54.5. The molecule has 0 fully saturated rings. The van der Waals surface area contributed by atoms with E-state index in [1.165, 1.54) is 127 Å². The normalized spacial score (nSPS) is 12.4. The average Bonchev–Trinajstić information content (AvgIpc) is 3.25. The van der Waals surface area contributed by atoms with Crippen LogP contribution in [0, 0.1) is 0 Å². The van der Waals surface area contributed by atoms with Crippen LogP contribution in [-0.4, -0.2) is 65.9 Å². The van der Waals surface area contributed by atoms with Crippen LogP contribution >= 0.6 is 39.1 Å². The summed E-state index contributed by atoms with van der Waals surface area (Å²) in [7, 11) is 0. The van der Waals surface area contributed by atoms with Gasteiger partial charge in [-0.2, -0.15) is 0 Å². The van der Waals surface area contributed by atoms with Crippen molar-refractivity contribution < 1.29 is 47.7 Å². The number of unbranched alkanes of at least 4 members (excludes halogenated alkanes) is 18. The van der Waals surface area contributed by atoms with Crippen molar-refractivity contribution in [2.75, 3.05) is 23.8 Å². The van der Waals surface area contributed by atoms with E-state index in [0.29, 0.717) is 0 Å². The molecule has 62 heavy (non-hydrogen) atoms. The molecule has 0 aromatic heterocycles. The van der Waals surface area contributed by atoms with Crippen molar-refractivity contribution in [3.63, 3.8) is 0 Å². The van der Waals surface area contributed by atoms with Crippen molar-refractivity contribution in [2.45, 2.75) is 173 Å². The van der Waals surface area contributed by atoms with E-state index in [9.17, 15) is 28.8 Å². The summed E-state index contributed by atoms with van der Waals surface area (Å²) in [6, 6.07) is 7.95. The molecule has 0 aliphatic heterocycles. The molecular weight excluding hydrogens is 903 g/mol. The van der Waals surface area contributed by atoms with Crippen LogP contribution in [0.1, 0.15) is 177 Å². The minimum atomic E-state index is -1.49. The fourth-order valence-corrected chi connectivity index (χ4v) is 6.88. The monoisotopic (exact) mass is 968 g/mol. The number of carbonyl (C=O) groups is 6. The van der Waals surface area contributed by atoms with E-state index in [1.807, 2.05) is 0 Å². The number of hydrogen-bond acceptors (Lipinski definition) is 10. The Labute approximate surface area is 386 Å². The standard InChI is InChI=1S/C47H67BrCl2N2O10/c1-5-7-9-11-13-15-17-19-21-23-29-59-44(55)33(3)61-46(57)35-25-27-37(49)39(31-35)51-42(53)41(48)43(54)52-40-32-36(26-28-38(40)50)47(58)62-34(4)45(56)60-30-24-22-20-18-16-14-12-10-8-6-2/h25-28,31-34,41H,5-24,29-30H2,1-4H3,(H,51,53)(H,52,54). The molecule has 2 N–H and O–H groups in total. The highest BCUT2D eigenvalue weighted by Gasteiger charge is 2.27. The SMILES string of the molecule is CCCCCCCCCCCCOC(=O)C(C)OC(=O)c1ccc(Cl)c(NC(=O)C(Br)C(=O)Nc2cc(C(=O)OC(C)C(=O)OCCCCCCCCCCCC)ccc2Cl)c1. The van der Waals surface area contributed by atoms with Crippen LogP contribution in [0.15, 0.2) is 36.4 Å². The summed E-state index contributed by atoms with van der Waals surface area (Å²) in [4.78, 5) is 75.5. The Morgan fingerprint density at radius 1 is 0.516 bits per heavy atom. The lowest BCUT2D eigenvalue weighted by atomic mass is 10.1. The Bertz CT molecular complexity index is 1590. The minimum Gasteiger partial charge on any atom is -0.463 e. The predicted octanol–water partition coefficient (Wildman–Crippen LogP) is 12.4. The average molecular weight is 971 g/mol. The molecule has 2 unspecified atom stereocenters. The quantitative estimate of drug-likeness (QED) is 0.0237. The lowest BCUT2D eigenvalue weighted by molar-refractivity contribution is -0.153. The summed E-state index contributed by atoms with van der Waals surface area (Å²) in [5.74, 6) is -4.74. The van der Waals surface area contributed by atoms with Crippen LogP contribution in [0.3, 0.4) is 0 Å². The molecule has 15 heteroatoms. The van der Waals surface area contributed by atoms with Crippen LogP contribution in [0.5, 0.6) is 0 Å². The maximum Gasteiger partial charge on any atom is 0.347 e. The number of rotatable bonds is 32. The first-order valence-corrected chi connectivity index (χ1v) is 24.1. The number of ether oxygens (including phenoxy) is 4. The first-order valence-electron chi connectivity index (χ1n) is 22.4. The van der Waals surface area contributed by atoms with Gasteiger partial charge in [0, 0.05) is 0 Å². The molecular formula is C47H67BrCl2N2O10. The molecule has 2 aromatic rings. The Kier molecular flexibility index (Phi) is 28.1. The number of alkyl halides is 1. The molecule has 2 aromatic carbocycles. The zero-order valence-electron chi connectivity index (χ0n) is 37.0. The van der Waals surface area contributed by atoms with Crippen molar-refractivity contribution in [3.05, 3.63) is 57.6 Å². The number of anilines is 2. The van der Waals surface area contributed by atoms with Gasteiger partial charge in [-0.1, -0.05) is 169 Å². The Morgan fingerprint density at radius 2 is 0.823 bits per heavy atom. The van der Waals surface area contributed by atoms with Gasteiger partial charge in [0.05, 0.1) is 45.8 Å². The lowest BCUT2D eigenvalue weighted by Crippen LogP contribution is -2.34. The summed E-state index contributed by atoms with van der Waals surface area (Å²) in [6.07, 6.45) is 20.6. The van der Waals surface area contributed by atoms with E-state index < -0.39 is 52.7 Å². The van der Waals surface area contributed by atoms with E-state index in [0.717, 1.165) is 51.4 Å². The second-order valence-corrected chi connectivity index (χ2v) is 17.3. The number of amides is 2. The van der Waals surface area contributed by atoms with E-state index in [-0.39, 0.29) is 45.8 Å². The van der Waals surface area contributed by atoms with Crippen LogP contribution in [-0.2, 0) is 38.1 Å². The minimum absolute atomic E-state index is 0.00141. The zero-order valence-corrected chi connectivity index (χ0v) is 40.1. The molecule has 0 bridgehead atoms. The first-order chi connectivity index (χ1) is 29.8. The third-order valence-corrected chi connectivity index (χ3v) is 11.6. The Morgan fingerprint density at radius 3 is 1.15 bits per heavy atom. The van der Waals surface area contributed by atoms with Crippen molar-refractivity contribution in [3.8, 4) is 0 Å². The fourth-order valence-electron chi connectivity index (χ4n) is 6.32. The summed E-state index contributed by atoms with van der Waals surface area (Å²) in [5.41, 5.74) is -0.0273. The summed E-state index contributed by atoms with van der Waals surface area (Å²) in [6.45, 7) is 7.70. The van der Waals surface area contributed by atoms with Crippen molar-refractivity contribution >= 4 is 86.2 Å². The van der Waals surface area contributed by atoms with E-state index in [4.69, 9.17) is 42.1 Å². The zero-order chi connectivity index (χ0) is 45.7. The van der Waals surface area contributed by atoms with Crippen molar-refractivity contribution in [1.29, 1.82) is 0 Å². The third-order valence-electron chi connectivity index (χ3n) is 10.1. The number of hydrogen-bond donors (Lipinski definition) is 2. The lowest BCUT2D eigenvalue weighted by Gasteiger charge is -2.16. The highest BCUT2D eigenvalue weighted by Crippen LogP contribution is 2.27. The van der Waals surface area contributed by atoms with E-state index >= 15 is 0 Å². The van der Waals surface area contributed by atoms with Gasteiger partial charge in [-0.25, -0.2) is 19.2 Å². The van der Waals surface area contributed by atoms with Gasteiger partial charge < -0.3 is 29.6 Å². The molecule has 0 saturated heterocycles. The topological polar surface area (TPSA) is 163 Å². The van der Waals surface area contributed by atoms with Crippen molar-refractivity contribution in [1.82, 2.24) is 0 Å². The fraction of sp³-hybridized carbons (Fsp3) is 0.617. The van der Waals surface area contributed by atoms with Gasteiger partial charge in [0.2, 0.25) is 11.8 Å². The summed E-state index contributed by atoms with van der Waals surface area (Å²) >= 11 is 15.7. The van der Waals surface area contributed by atoms with Gasteiger partial charge >= 0.3 is 23.9 Å². The molecule has 0 saturated carbocycles. The number of esters is 4. The van der Waals surface area contributed by atoms with Gasteiger partial charge in [-0.15, -0.1) is 0 Å². The molecule has 2 atom stereocenters. The van der Waals surface area contributed by atoms with Gasteiger partial charge in [-0.3, -0.25) is 9.59 Å². The van der Waals surface area contributed by atoms with Gasteiger partial charge in [-0.05, 0) is 63.1 Å². The smallest absolute Gasteiger partial charge is 0.347 e. The van der Waals surface area contributed by atoms with E-state index in [1.54, 1.807) is 0 Å². The predicted molar refractivity (Wildman–Crippen MR) is 248 cm³/mol. The Balaban J connectivity index is 1.81. The molecule has 0 aliphatic carbocycles. The molecule has 2 rings (SSSR count). The maximum atomic E-state index is 13.1. The molecule has 346 valence electrons. The number of halogens is 3. The third kappa shape index (κ3) is 22.1. The highest BCUT2D eigenvalue weighted by atomic mass is 79.9. The second-order valence-electron chi connectivity index (χ2n) is 15.5. The maximum absolute atomic E-state index is 13.1. The van der Waals surface area contributed by atoms with Crippen LogP contribution in [0.25, 0.3) is 0 Å². The largest absolute Gasteiger partial charge is 0.463 e. The van der Waals surface area contributed by atoms with Crippen LogP contribution < -0.4 is 10.6 Å². The second kappa shape index (κ2) is 32.0. The number of benzene rings is 2. The van der Waals surface area contributed by atoms with Gasteiger partial charge in [0.1, 0.15) is 0 Å². The molecule has 0 radical (unpaired) electrons. The Hall–Kier alpha value is -3.68. The van der Waals surface area contributed by atoms with Gasteiger partial charge in [0.25, 0.3) is 0 Å². The highest BCUT2D eigenvalue weighted by molar-refractivity contribution is 9.10. The summed E-state index contributed by atoms with van der Waals surface area (Å²) < 4.78 is 21.2. The molecule has 0 heterocycles. The van der Waals surface area contributed by atoms with Crippen LogP contribution in [0.2, 0.25) is 10.0 Å². The van der Waals surface area contributed by atoms with Gasteiger partial charge in [0.15, 0.2) is 17.0 Å². The molecule has 12 nitrogen and oxygen atoms in total. The molecule has 0 spiro atoms. The molecule has 0 aliphatic rings. The van der Waals surface area contributed by atoms with E-state index in [2.05, 4.69) is 40.4 Å². The molecule has 2 amide bonds.